The van der Waals surface area contributed by atoms with Crippen LogP contribution >= 0.6 is 0 Å². The highest BCUT2D eigenvalue weighted by molar-refractivity contribution is 5.79. The van der Waals surface area contributed by atoms with Crippen LogP contribution in [0, 0.1) is 12.8 Å². The highest BCUT2D eigenvalue weighted by Crippen LogP contribution is 2.25. The Labute approximate surface area is 134 Å². The maximum atomic E-state index is 12.6. The maximum Gasteiger partial charge on any atom is 0.406 e. The second kappa shape index (κ2) is 7.19. The molecule has 4 nitrogen and oxygen atoms in total. The molecular formula is C16H22F3N3O. The van der Waals surface area contributed by atoms with Crippen molar-refractivity contribution in [1.82, 2.24) is 9.88 Å². The Bertz CT molecular complexity index is 548. The first-order valence-electron chi connectivity index (χ1n) is 7.84. The van der Waals surface area contributed by atoms with Crippen LogP contribution in [0.4, 0.5) is 19.0 Å². The second-order valence-corrected chi connectivity index (χ2v) is 5.89. The van der Waals surface area contributed by atoms with Gasteiger partial charge in [0, 0.05) is 25.3 Å². The lowest BCUT2D eigenvalue weighted by Crippen LogP contribution is -2.47. The minimum Gasteiger partial charge on any atom is -0.356 e. The van der Waals surface area contributed by atoms with Crippen LogP contribution in [0.1, 0.15) is 25.5 Å². The summed E-state index contributed by atoms with van der Waals surface area (Å²) in [5.41, 5.74) is 0.878. The molecule has 7 heteroatoms. The fraction of sp³-hybridized carbons (Fsp3) is 0.625. The van der Waals surface area contributed by atoms with Crippen molar-refractivity contribution in [2.45, 2.75) is 32.9 Å². The van der Waals surface area contributed by atoms with Gasteiger partial charge in [-0.05, 0) is 38.8 Å². The molecule has 1 saturated heterocycles. The molecule has 0 N–H and O–H groups in total. The van der Waals surface area contributed by atoms with E-state index in [1.165, 1.54) is 0 Å². The maximum absolute atomic E-state index is 12.6. The summed E-state index contributed by atoms with van der Waals surface area (Å²) in [6, 6.07) is 5.65. The topological polar surface area (TPSA) is 36.4 Å². The molecule has 0 saturated carbocycles. The van der Waals surface area contributed by atoms with Gasteiger partial charge >= 0.3 is 6.18 Å². The molecule has 0 unspecified atom stereocenters. The van der Waals surface area contributed by atoms with Crippen LogP contribution in [0.2, 0.25) is 0 Å². The molecule has 2 heterocycles. The smallest absolute Gasteiger partial charge is 0.356 e. The third-order valence-electron chi connectivity index (χ3n) is 4.03. The molecule has 1 aromatic heterocycles. The molecule has 1 atom stereocenters. The summed E-state index contributed by atoms with van der Waals surface area (Å²) >= 11 is 0. The number of hydrogen-bond acceptors (Lipinski definition) is 3. The van der Waals surface area contributed by atoms with Crippen molar-refractivity contribution in [1.29, 1.82) is 0 Å². The molecule has 1 aliphatic heterocycles. The number of halogens is 3. The molecule has 0 aliphatic carbocycles. The monoisotopic (exact) mass is 329 g/mol. The van der Waals surface area contributed by atoms with Crippen LogP contribution in [0.15, 0.2) is 18.2 Å². The van der Waals surface area contributed by atoms with E-state index in [1.54, 1.807) is 6.92 Å². The van der Waals surface area contributed by atoms with Gasteiger partial charge < -0.3 is 9.80 Å². The summed E-state index contributed by atoms with van der Waals surface area (Å²) in [5.74, 6) is -0.0445. The second-order valence-electron chi connectivity index (χ2n) is 5.89. The Hall–Kier alpha value is -1.79. The van der Waals surface area contributed by atoms with Gasteiger partial charge in [0.05, 0.1) is 5.92 Å². The van der Waals surface area contributed by atoms with Crippen molar-refractivity contribution in [2.24, 2.45) is 5.92 Å². The normalized spacial score (nSPS) is 18.8. The van der Waals surface area contributed by atoms with Crippen LogP contribution in [-0.2, 0) is 4.79 Å². The third kappa shape index (κ3) is 4.84. The van der Waals surface area contributed by atoms with Gasteiger partial charge in [0.15, 0.2) is 0 Å². The fourth-order valence-corrected chi connectivity index (χ4v) is 2.91. The Morgan fingerprint density at radius 2 is 2.17 bits per heavy atom. The molecule has 128 valence electrons. The molecule has 2 rings (SSSR count). The number of hydrogen-bond donors (Lipinski definition) is 0. The Morgan fingerprint density at radius 3 is 2.78 bits per heavy atom. The van der Waals surface area contributed by atoms with E-state index in [-0.39, 0.29) is 6.54 Å². The number of piperidine rings is 1. The molecule has 1 fully saturated rings. The summed E-state index contributed by atoms with van der Waals surface area (Å²) in [7, 11) is 0. The molecule has 1 aromatic rings. The number of aromatic nitrogens is 1. The summed E-state index contributed by atoms with van der Waals surface area (Å²) in [5, 5.41) is 0. The van der Waals surface area contributed by atoms with E-state index < -0.39 is 24.5 Å². The summed E-state index contributed by atoms with van der Waals surface area (Å²) < 4.78 is 37.8. The Balaban J connectivity index is 2.06. The number of amides is 1. The van der Waals surface area contributed by atoms with Crippen molar-refractivity contribution >= 4 is 11.7 Å². The number of nitrogens with zero attached hydrogens (tertiary/aromatic N) is 3. The molecule has 1 amide bonds. The largest absolute Gasteiger partial charge is 0.406 e. The van der Waals surface area contributed by atoms with Crippen molar-refractivity contribution in [2.75, 3.05) is 31.1 Å². The predicted molar refractivity (Wildman–Crippen MR) is 82.2 cm³/mol. The van der Waals surface area contributed by atoms with Gasteiger partial charge in [-0.15, -0.1) is 0 Å². The number of carbonyl (C=O) groups excluding carboxylic acids is 1. The quantitative estimate of drug-likeness (QED) is 0.852. The lowest BCUT2D eigenvalue weighted by molar-refractivity contribution is -0.163. The van der Waals surface area contributed by atoms with Gasteiger partial charge in [0.25, 0.3) is 0 Å². The van der Waals surface area contributed by atoms with E-state index in [9.17, 15) is 18.0 Å². The SMILES string of the molecule is CCN(CC(F)(F)F)C(=O)[C@H]1CCCN(c2cccc(C)n2)C1. The van der Waals surface area contributed by atoms with Gasteiger partial charge in [0.1, 0.15) is 12.4 Å². The number of alkyl halides is 3. The number of pyridine rings is 1. The van der Waals surface area contributed by atoms with Gasteiger partial charge in [-0.3, -0.25) is 4.79 Å². The van der Waals surface area contributed by atoms with E-state index in [0.29, 0.717) is 13.0 Å². The zero-order chi connectivity index (χ0) is 17.0. The molecule has 0 radical (unpaired) electrons. The van der Waals surface area contributed by atoms with Crippen LogP contribution in [0.5, 0.6) is 0 Å². The molecular weight excluding hydrogens is 307 g/mol. The van der Waals surface area contributed by atoms with Gasteiger partial charge in [-0.1, -0.05) is 6.07 Å². The van der Waals surface area contributed by atoms with Crippen LogP contribution in [-0.4, -0.2) is 48.1 Å². The van der Waals surface area contributed by atoms with Crippen molar-refractivity contribution in [3.63, 3.8) is 0 Å². The molecule has 1 aliphatic rings. The minimum absolute atomic E-state index is 0.0670. The summed E-state index contributed by atoms with van der Waals surface area (Å²) in [6.45, 7) is 3.54. The Morgan fingerprint density at radius 1 is 1.43 bits per heavy atom. The third-order valence-corrected chi connectivity index (χ3v) is 4.03. The lowest BCUT2D eigenvalue weighted by Gasteiger charge is -2.35. The van der Waals surface area contributed by atoms with Crippen LogP contribution < -0.4 is 4.90 Å². The van der Waals surface area contributed by atoms with E-state index in [2.05, 4.69) is 4.98 Å². The number of carbonyl (C=O) groups is 1. The highest BCUT2D eigenvalue weighted by atomic mass is 19.4. The zero-order valence-electron chi connectivity index (χ0n) is 13.4. The predicted octanol–water partition coefficient (Wildman–Crippen LogP) is 3.02. The van der Waals surface area contributed by atoms with Crippen molar-refractivity contribution in [3.05, 3.63) is 23.9 Å². The number of anilines is 1. The van der Waals surface area contributed by atoms with Crippen LogP contribution in [0.3, 0.4) is 0 Å². The minimum atomic E-state index is -4.36. The summed E-state index contributed by atoms with van der Waals surface area (Å²) in [6.07, 6.45) is -2.97. The molecule has 0 bridgehead atoms. The Kier molecular flexibility index (Phi) is 5.49. The summed E-state index contributed by atoms with van der Waals surface area (Å²) in [4.78, 5) is 19.8. The standard InChI is InChI=1S/C16H22F3N3O/c1-3-21(11-16(17,18)19)15(23)13-7-5-9-22(10-13)14-8-4-6-12(2)20-14/h4,6,8,13H,3,5,7,9-11H2,1-2H3/t13-/m0/s1. The number of aryl methyl sites for hydroxylation is 1. The molecule has 0 aromatic carbocycles. The zero-order valence-corrected chi connectivity index (χ0v) is 13.4. The van der Waals surface area contributed by atoms with E-state index in [0.717, 1.165) is 29.4 Å². The van der Waals surface area contributed by atoms with Crippen molar-refractivity contribution < 1.29 is 18.0 Å². The van der Waals surface area contributed by atoms with E-state index in [4.69, 9.17) is 0 Å². The average molecular weight is 329 g/mol. The van der Waals surface area contributed by atoms with E-state index >= 15 is 0 Å². The van der Waals surface area contributed by atoms with Gasteiger partial charge in [0.2, 0.25) is 5.91 Å². The fourth-order valence-electron chi connectivity index (χ4n) is 2.91. The average Bonchev–Trinajstić information content (AvgIpc) is 2.51. The van der Waals surface area contributed by atoms with Crippen LogP contribution in [0.25, 0.3) is 0 Å². The van der Waals surface area contributed by atoms with Gasteiger partial charge in [-0.25, -0.2) is 4.98 Å². The lowest BCUT2D eigenvalue weighted by atomic mass is 9.96. The van der Waals surface area contributed by atoms with Gasteiger partial charge in [-0.2, -0.15) is 13.2 Å². The van der Waals surface area contributed by atoms with Crippen molar-refractivity contribution in [3.8, 4) is 0 Å². The number of rotatable bonds is 4. The first-order chi connectivity index (χ1) is 10.8. The van der Waals surface area contributed by atoms with E-state index in [1.807, 2.05) is 30.0 Å². The molecule has 0 spiro atoms. The first-order valence-corrected chi connectivity index (χ1v) is 7.84. The first kappa shape index (κ1) is 17.6. The molecule has 23 heavy (non-hydrogen) atoms. The highest BCUT2D eigenvalue weighted by Gasteiger charge is 2.36.